The number of para-hydroxylation sites is 1. The zero-order valence-electron chi connectivity index (χ0n) is 14.2. The van der Waals surface area contributed by atoms with Crippen LogP contribution in [0.1, 0.15) is 23.2 Å². The summed E-state index contributed by atoms with van der Waals surface area (Å²) in [5.74, 6) is 1.54. The number of hydrogen-bond acceptors (Lipinski definition) is 5. The number of benzene rings is 1. The Morgan fingerprint density at radius 1 is 1.36 bits per heavy atom. The van der Waals surface area contributed by atoms with Gasteiger partial charge in [-0.1, -0.05) is 18.2 Å². The molecule has 0 radical (unpaired) electrons. The minimum absolute atomic E-state index is 0.136. The lowest BCUT2D eigenvalue weighted by Crippen LogP contribution is -2.41. The van der Waals surface area contributed by atoms with Crippen molar-refractivity contribution in [3.05, 3.63) is 63.3 Å². The van der Waals surface area contributed by atoms with Crippen LogP contribution >= 0.6 is 0 Å². The second-order valence-electron chi connectivity index (χ2n) is 6.50. The van der Waals surface area contributed by atoms with Gasteiger partial charge < -0.3 is 14.5 Å². The van der Waals surface area contributed by atoms with Crippen molar-refractivity contribution in [3.63, 3.8) is 0 Å². The lowest BCUT2D eigenvalue weighted by molar-refractivity contribution is -0.0319. The summed E-state index contributed by atoms with van der Waals surface area (Å²) in [6.07, 6.45) is 1.99. The molecule has 0 aliphatic carbocycles. The Morgan fingerprint density at radius 3 is 3.12 bits per heavy atom. The minimum atomic E-state index is -0.209. The largest absolute Gasteiger partial charge is 0.489 e. The summed E-state index contributed by atoms with van der Waals surface area (Å²) in [4.78, 5) is 21.2. The van der Waals surface area contributed by atoms with Gasteiger partial charge in [0.25, 0.3) is 5.56 Å². The predicted molar refractivity (Wildman–Crippen MR) is 94.6 cm³/mol. The molecule has 1 aromatic heterocycles. The van der Waals surface area contributed by atoms with Crippen molar-refractivity contribution < 1.29 is 9.47 Å². The SMILES string of the molecule is Cc1cc(=O)[nH]c([C@H]2CN(CC3=Cc4ccccc4OC3)CCO2)n1. The Morgan fingerprint density at radius 2 is 2.24 bits per heavy atom. The highest BCUT2D eigenvalue weighted by molar-refractivity contribution is 5.62. The summed E-state index contributed by atoms with van der Waals surface area (Å²) in [7, 11) is 0. The Labute approximate surface area is 146 Å². The fourth-order valence-electron chi connectivity index (χ4n) is 3.31. The molecule has 1 atom stereocenters. The normalized spacial score (nSPS) is 20.5. The second kappa shape index (κ2) is 6.82. The second-order valence-corrected chi connectivity index (χ2v) is 6.50. The summed E-state index contributed by atoms with van der Waals surface area (Å²) in [5, 5.41) is 0. The van der Waals surface area contributed by atoms with E-state index in [9.17, 15) is 4.79 Å². The summed E-state index contributed by atoms with van der Waals surface area (Å²) in [6.45, 7) is 5.42. The van der Waals surface area contributed by atoms with Crippen LogP contribution in [0.5, 0.6) is 5.75 Å². The number of fused-ring (bicyclic) bond motifs is 1. The van der Waals surface area contributed by atoms with Crippen LogP contribution in [0.2, 0.25) is 0 Å². The highest BCUT2D eigenvalue weighted by Gasteiger charge is 2.25. The van der Waals surface area contributed by atoms with Crippen LogP contribution in [-0.4, -0.2) is 47.7 Å². The van der Waals surface area contributed by atoms with Crippen LogP contribution in [0.25, 0.3) is 6.08 Å². The molecular formula is C19H21N3O3. The number of morpholine rings is 1. The van der Waals surface area contributed by atoms with E-state index in [1.165, 1.54) is 11.6 Å². The van der Waals surface area contributed by atoms with E-state index in [-0.39, 0.29) is 11.7 Å². The molecule has 2 aliphatic heterocycles. The number of aromatic amines is 1. The van der Waals surface area contributed by atoms with E-state index in [0.717, 1.165) is 24.4 Å². The molecule has 4 rings (SSSR count). The van der Waals surface area contributed by atoms with E-state index in [1.807, 2.05) is 25.1 Å². The molecule has 2 aliphatic rings. The predicted octanol–water partition coefficient (Wildman–Crippen LogP) is 1.93. The zero-order valence-corrected chi connectivity index (χ0v) is 14.2. The van der Waals surface area contributed by atoms with E-state index in [1.54, 1.807) is 0 Å². The van der Waals surface area contributed by atoms with Crippen molar-refractivity contribution in [3.8, 4) is 5.75 Å². The first kappa shape index (κ1) is 16.1. The van der Waals surface area contributed by atoms with Crippen LogP contribution in [0.15, 0.2) is 40.7 Å². The van der Waals surface area contributed by atoms with E-state index >= 15 is 0 Å². The lowest BCUT2D eigenvalue weighted by Gasteiger charge is -2.33. The number of aromatic nitrogens is 2. The maximum absolute atomic E-state index is 11.7. The summed E-state index contributed by atoms with van der Waals surface area (Å²) < 4.78 is 11.7. The van der Waals surface area contributed by atoms with Gasteiger partial charge in [-0.2, -0.15) is 0 Å². The monoisotopic (exact) mass is 339 g/mol. The Bertz CT molecular complexity index is 859. The van der Waals surface area contributed by atoms with E-state index in [0.29, 0.717) is 31.3 Å². The molecule has 0 spiro atoms. The first-order valence-corrected chi connectivity index (χ1v) is 8.50. The maximum atomic E-state index is 11.7. The molecule has 1 saturated heterocycles. The maximum Gasteiger partial charge on any atom is 0.251 e. The Kier molecular flexibility index (Phi) is 4.38. The van der Waals surface area contributed by atoms with Crippen LogP contribution < -0.4 is 10.3 Å². The molecule has 3 heterocycles. The van der Waals surface area contributed by atoms with Gasteiger partial charge in [0, 0.05) is 37.0 Å². The third-order valence-electron chi connectivity index (χ3n) is 4.46. The highest BCUT2D eigenvalue weighted by Crippen LogP contribution is 2.27. The average Bonchev–Trinajstić information content (AvgIpc) is 2.61. The first-order chi connectivity index (χ1) is 12.2. The molecule has 0 unspecified atom stereocenters. The zero-order chi connectivity index (χ0) is 17.2. The summed E-state index contributed by atoms with van der Waals surface area (Å²) >= 11 is 0. The minimum Gasteiger partial charge on any atom is -0.489 e. The smallest absolute Gasteiger partial charge is 0.251 e. The molecule has 25 heavy (non-hydrogen) atoms. The van der Waals surface area contributed by atoms with Gasteiger partial charge in [0.1, 0.15) is 24.3 Å². The van der Waals surface area contributed by atoms with Gasteiger partial charge in [0.2, 0.25) is 0 Å². The third-order valence-corrected chi connectivity index (χ3v) is 4.46. The van der Waals surface area contributed by atoms with E-state index in [2.05, 4.69) is 27.0 Å². The topological polar surface area (TPSA) is 67.5 Å². The molecule has 0 amide bonds. The van der Waals surface area contributed by atoms with Crippen molar-refractivity contribution in [1.29, 1.82) is 0 Å². The van der Waals surface area contributed by atoms with Crippen LogP contribution in [-0.2, 0) is 4.74 Å². The van der Waals surface area contributed by atoms with Gasteiger partial charge >= 0.3 is 0 Å². The van der Waals surface area contributed by atoms with Gasteiger partial charge in [-0.25, -0.2) is 4.98 Å². The van der Waals surface area contributed by atoms with Crippen LogP contribution in [0.4, 0.5) is 0 Å². The van der Waals surface area contributed by atoms with Gasteiger partial charge in [0.15, 0.2) is 0 Å². The van der Waals surface area contributed by atoms with Crippen LogP contribution in [0, 0.1) is 6.92 Å². The molecule has 6 nitrogen and oxygen atoms in total. The molecule has 1 N–H and O–H groups in total. The number of H-pyrrole nitrogens is 1. The molecule has 1 fully saturated rings. The quantitative estimate of drug-likeness (QED) is 0.925. The van der Waals surface area contributed by atoms with Crippen molar-refractivity contribution in [2.45, 2.75) is 13.0 Å². The van der Waals surface area contributed by atoms with E-state index < -0.39 is 0 Å². The van der Waals surface area contributed by atoms with Crippen LogP contribution in [0.3, 0.4) is 0 Å². The number of ether oxygens (including phenoxy) is 2. The fourth-order valence-corrected chi connectivity index (χ4v) is 3.31. The number of aryl methyl sites for hydroxylation is 1. The van der Waals surface area contributed by atoms with E-state index in [4.69, 9.17) is 9.47 Å². The van der Waals surface area contributed by atoms with Crippen molar-refractivity contribution in [2.75, 3.05) is 32.8 Å². The molecule has 0 bridgehead atoms. The van der Waals surface area contributed by atoms with Crippen molar-refractivity contribution in [2.24, 2.45) is 0 Å². The number of nitrogens with zero attached hydrogens (tertiary/aromatic N) is 2. The van der Waals surface area contributed by atoms with Gasteiger partial charge in [-0.15, -0.1) is 0 Å². The lowest BCUT2D eigenvalue weighted by atomic mass is 10.1. The van der Waals surface area contributed by atoms with Crippen molar-refractivity contribution >= 4 is 6.08 Å². The highest BCUT2D eigenvalue weighted by atomic mass is 16.5. The molecule has 2 aromatic rings. The molecule has 0 saturated carbocycles. The summed E-state index contributed by atoms with van der Waals surface area (Å²) in [6, 6.07) is 9.56. The fraction of sp³-hybridized carbons (Fsp3) is 0.368. The molecule has 1 aromatic carbocycles. The number of hydrogen-bond donors (Lipinski definition) is 1. The molecule has 130 valence electrons. The number of nitrogens with one attached hydrogen (secondary N) is 1. The van der Waals surface area contributed by atoms with Gasteiger partial charge in [-0.05, 0) is 24.6 Å². The average molecular weight is 339 g/mol. The summed E-state index contributed by atoms with van der Waals surface area (Å²) in [5.41, 5.74) is 2.94. The molecule has 6 heteroatoms. The van der Waals surface area contributed by atoms with Crippen molar-refractivity contribution in [1.82, 2.24) is 14.9 Å². The Balaban J connectivity index is 1.47. The number of rotatable bonds is 3. The van der Waals surface area contributed by atoms with Gasteiger partial charge in [-0.3, -0.25) is 9.69 Å². The first-order valence-electron chi connectivity index (χ1n) is 8.50. The Hall–Kier alpha value is -2.44. The standard InChI is InChI=1S/C19H21N3O3/c1-13-8-18(23)21-19(20-13)17-11-22(6-7-24-17)10-14-9-15-4-2-3-5-16(15)25-12-14/h2-5,8-9,17H,6-7,10-12H2,1H3,(H,20,21,23)/t17-/m1/s1. The molecular weight excluding hydrogens is 318 g/mol. The third kappa shape index (κ3) is 3.65. The van der Waals surface area contributed by atoms with Gasteiger partial charge in [0.05, 0.1) is 6.61 Å².